The number of nitrogens with one attached hydrogen (secondary N) is 2. The van der Waals surface area contributed by atoms with E-state index in [4.69, 9.17) is 0 Å². The van der Waals surface area contributed by atoms with Crippen molar-refractivity contribution in [2.75, 3.05) is 37.3 Å². The second kappa shape index (κ2) is 5.56. The van der Waals surface area contributed by atoms with Gasteiger partial charge in [0.15, 0.2) is 0 Å². The minimum Gasteiger partial charge on any atom is -0.373 e. The second-order valence-corrected chi connectivity index (χ2v) is 6.28. The minimum atomic E-state index is 0.405. The lowest BCUT2D eigenvalue weighted by Gasteiger charge is -2.45. The van der Waals surface area contributed by atoms with Gasteiger partial charge >= 0.3 is 0 Å². The average molecular weight is 275 g/mol. The molecule has 3 aliphatic heterocycles. The monoisotopic (exact) mass is 275 g/mol. The van der Waals surface area contributed by atoms with Crippen LogP contribution < -0.4 is 10.6 Å². The normalized spacial score (nSPS) is 28.7. The van der Waals surface area contributed by atoms with E-state index in [0.717, 1.165) is 24.1 Å². The molecule has 3 fully saturated rings. The maximum Gasteiger partial charge on any atom is 0.135 e. The summed E-state index contributed by atoms with van der Waals surface area (Å²) in [6, 6.07) is 0.537. The number of aromatic nitrogens is 2. The number of fused-ring (bicyclic) bond motifs is 3. The Kier molecular flexibility index (Phi) is 3.78. The zero-order valence-corrected chi connectivity index (χ0v) is 12.7. The lowest BCUT2D eigenvalue weighted by molar-refractivity contribution is 0.0973. The number of hydrogen-bond acceptors (Lipinski definition) is 5. The number of rotatable bonds is 4. The van der Waals surface area contributed by atoms with E-state index in [-0.39, 0.29) is 0 Å². The first-order chi connectivity index (χ1) is 9.69. The summed E-state index contributed by atoms with van der Waals surface area (Å²) in [4.78, 5) is 11.4. The van der Waals surface area contributed by atoms with Crippen molar-refractivity contribution in [3.8, 4) is 0 Å². The molecule has 5 heteroatoms. The van der Waals surface area contributed by atoms with Crippen LogP contribution in [0.5, 0.6) is 0 Å². The van der Waals surface area contributed by atoms with Crippen molar-refractivity contribution in [2.24, 2.45) is 5.92 Å². The largest absolute Gasteiger partial charge is 0.373 e. The van der Waals surface area contributed by atoms with Crippen LogP contribution in [0.4, 0.5) is 11.6 Å². The summed E-state index contributed by atoms with van der Waals surface area (Å²) in [5, 5.41) is 6.89. The van der Waals surface area contributed by atoms with E-state index in [1.165, 1.54) is 31.5 Å². The van der Waals surface area contributed by atoms with Crippen molar-refractivity contribution in [2.45, 2.75) is 38.6 Å². The van der Waals surface area contributed by atoms with Crippen molar-refractivity contribution in [1.29, 1.82) is 0 Å². The molecular formula is C15H25N5. The summed E-state index contributed by atoms with van der Waals surface area (Å²) in [6.45, 7) is 8.08. The van der Waals surface area contributed by atoms with Gasteiger partial charge in [-0.2, -0.15) is 0 Å². The van der Waals surface area contributed by atoms with E-state index in [9.17, 15) is 0 Å². The lowest BCUT2D eigenvalue weighted by Crippen LogP contribution is -2.53. The molecule has 2 bridgehead atoms. The zero-order valence-electron chi connectivity index (χ0n) is 12.7. The molecule has 110 valence electrons. The maximum atomic E-state index is 4.51. The third-order valence-electron chi connectivity index (χ3n) is 4.68. The second-order valence-electron chi connectivity index (χ2n) is 6.28. The number of nitrogens with zero attached hydrogens (tertiary/aromatic N) is 3. The van der Waals surface area contributed by atoms with Crippen LogP contribution in [0, 0.1) is 5.92 Å². The molecule has 0 aromatic carbocycles. The van der Waals surface area contributed by atoms with Gasteiger partial charge in [-0.25, -0.2) is 9.97 Å². The van der Waals surface area contributed by atoms with E-state index in [0.29, 0.717) is 12.0 Å². The van der Waals surface area contributed by atoms with Crippen molar-refractivity contribution in [1.82, 2.24) is 14.9 Å². The van der Waals surface area contributed by atoms with Gasteiger partial charge in [-0.3, -0.25) is 0 Å². The molecule has 5 nitrogen and oxygen atoms in total. The average Bonchev–Trinajstić information content (AvgIpc) is 2.48. The molecule has 3 saturated heterocycles. The van der Waals surface area contributed by atoms with Gasteiger partial charge in [0.05, 0.1) is 0 Å². The summed E-state index contributed by atoms with van der Waals surface area (Å²) in [5.41, 5.74) is 1.20. The van der Waals surface area contributed by atoms with Crippen LogP contribution in [0.2, 0.25) is 0 Å². The van der Waals surface area contributed by atoms with Gasteiger partial charge in [0.2, 0.25) is 0 Å². The molecule has 20 heavy (non-hydrogen) atoms. The molecule has 0 radical (unpaired) electrons. The molecular weight excluding hydrogens is 250 g/mol. The van der Waals surface area contributed by atoms with Gasteiger partial charge in [0.25, 0.3) is 0 Å². The summed E-state index contributed by atoms with van der Waals surface area (Å²) >= 11 is 0. The molecule has 4 rings (SSSR count). The Bertz CT molecular complexity index is 465. The zero-order chi connectivity index (χ0) is 14.1. The SMILES string of the molecule is CNc1ncnc(NC2CN3CCC2CC3)c1C(C)C. The van der Waals surface area contributed by atoms with E-state index >= 15 is 0 Å². The van der Waals surface area contributed by atoms with Crippen LogP contribution in [-0.2, 0) is 0 Å². The van der Waals surface area contributed by atoms with E-state index in [1.54, 1.807) is 6.33 Å². The molecule has 1 atom stereocenters. The Morgan fingerprint density at radius 1 is 1.20 bits per heavy atom. The highest BCUT2D eigenvalue weighted by atomic mass is 15.2. The van der Waals surface area contributed by atoms with Gasteiger partial charge in [0, 0.05) is 25.2 Å². The Hall–Kier alpha value is -1.36. The maximum absolute atomic E-state index is 4.51. The van der Waals surface area contributed by atoms with Crippen molar-refractivity contribution < 1.29 is 0 Å². The Morgan fingerprint density at radius 2 is 1.90 bits per heavy atom. The van der Waals surface area contributed by atoms with Crippen molar-refractivity contribution in [3.63, 3.8) is 0 Å². The predicted molar refractivity (Wildman–Crippen MR) is 82.2 cm³/mol. The topological polar surface area (TPSA) is 53.1 Å². The fraction of sp³-hybridized carbons (Fsp3) is 0.733. The Labute approximate surface area is 121 Å². The highest BCUT2D eigenvalue weighted by molar-refractivity contribution is 5.59. The van der Waals surface area contributed by atoms with E-state index in [1.807, 2.05) is 7.05 Å². The highest BCUT2D eigenvalue weighted by Crippen LogP contribution is 2.33. The smallest absolute Gasteiger partial charge is 0.135 e. The van der Waals surface area contributed by atoms with Gasteiger partial charge in [-0.15, -0.1) is 0 Å². The quantitative estimate of drug-likeness (QED) is 0.882. The lowest BCUT2D eigenvalue weighted by atomic mass is 9.84. The van der Waals surface area contributed by atoms with Crippen LogP contribution in [0.25, 0.3) is 0 Å². The Morgan fingerprint density at radius 3 is 2.45 bits per heavy atom. The number of piperidine rings is 3. The highest BCUT2D eigenvalue weighted by Gasteiger charge is 2.34. The third kappa shape index (κ3) is 2.46. The van der Waals surface area contributed by atoms with Crippen molar-refractivity contribution in [3.05, 3.63) is 11.9 Å². The van der Waals surface area contributed by atoms with Crippen LogP contribution >= 0.6 is 0 Å². The van der Waals surface area contributed by atoms with E-state index in [2.05, 4.69) is 39.3 Å². The van der Waals surface area contributed by atoms with Gasteiger partial charge in [-0.05, 0) is 37.8 Å². The van der Waals surface area contributed by atoms with Gasteiger partial charge in [-0.1, -0.05) is 13.8 Å². The standard InChI is InChI=1S/C15H25N5/c1-10(2)13-14(16-3)17-9-18-15(13)19-12-8-20-6-4-11(12)5-7-20/h9-12H,4-8H2,1-3H3,(H2,16,17,18,19). The molecule has 1 unspecified atom stereocenters. The summed E-state index contributed by atoms with van der Waals surface area (Å²) in [7, 11) is 1.92. The van der Waals surface area contributed by atoms with Crippen molar-refractivity contribution >= 4 is 11.6 Å². The fourth-order valence-corrected chi connectivity index (χ4v) is 3.56. The first kappa shape index (κ1) is 13.6. The predicted octanol–water partition coefficient (Wildman–Crippen LogP) is 2.15. The minimum absolute atomic E-state index is 0.405. The van der Waals surface area contributed by atoms with Crippen LogP contribution in [-0.4, -0.2) is 47.6 Å². The first-order valence-corrected chi connectivity index (χ1v) is 7.70. The molecule has 0 spiro atoms. The van der Waals surface area contributed by atoms with Crippen LogP contribution in [0.3, 0.4) is 0 Å². The van der Waals surface area contributed by atoms with Crippen LogP contribution in [0.1, 0.15) is 38.2 Å². The van der Waals surface area contributed by atoms with E-state index < -0.39 is 0 Å². The number of anilines is 2. The molecule has 3 aliphatic rings. The first-order valence-electron chi connectivity index (χ1n) is 7.70. The molecule has 1 aromatic heterocycles. The molecule has 0 amide bonds. The summed E-state index contributed by atoms with van der Waals surface area (Å²) in [6.07, 6.45) is 4.29. The fourth-order valence-electron chi connectivity index (χ4n) is 3.56. The number of hydrogen-bond donors (Lipinski definition) is 2. The summed E-state index contributed by atoms with van der Waals surface area (Å²) in [5.74, 6) is 3.16. The molecule has 1 aromatic rings. The molecule has 0 saturated carbocycles. The third-order valence-corrected chi connectivity index (χ3v) is 4.68. The van der Waals surface area contributed by atoms with Gasteiger partial charge in [0.1, 0.15) is 18.0 Å². The summed E-state index contributed by atoms with van der Waals surface area (Å²) < 4.78 is 0. The molecule has 0 aliphatic carbocycles. The Balaban J connectivity index is 1.83. The van der Waals surface area contributed by atoms with Crippen LogP contribution in [0.15, 0.2) is 6.33 Å². The molecule has 4 heterocycles. The molecule has 2 N–H and O–H groups in total. The van der Waals surface area contributed by atoms with Gasteiger partial charge < -0.3 is 15.5 Å².